The van der Waals surface area contributed by atoms with Crippen LogP contribution in [0.25, 0.3) is 0 Å². The highest BCUT2D eigenvalue weighted by molar-refractivity contribution is 5.82. The summed E-state index contributed by atoms with van der Waals surface area (Å²) in [5.74, 6) is 0. The largest absolute Gasteiger partial charge is 0.416 e. The van der Waals surface area contributed by atoms with E-state index in [1.165, 1.54) is 36.5 Å². The summed E-state index contributed by atoms with van der Waals surface area (Å²) in [6, 6.07) is 1.61. The Labute approximate surface area is 231 Å². The van der Waals surface area contributed by atoms with Gasteiger partial charge in [0.15, 0.2) is 0 Å². The van der Waals surface area contributed by atoms with E-state index in [2.05, 4.69) is 9.98 Å². The van der Waals surface area contributed by atoms with Crippen molar-refractivity contribution in [2.24, 2.45) is 9.98 Å². The van der Waals surface area contributed by atoms with Crippen molar-refractivity contribution < 1.29 is 52.7 Å². The summed E-state index contributed by atoms with van der Waals surface area (Å²) in [4.78, 5) is 7.36. The Morgan fingerprint density at radius 2 is 0.738 bits per heavy atom. The summed E-state index contributed by atoms with van der Waals surface area (Å²) >= 11 is 0. The zero-order chi connectivity index (χ0) is 31.9. The molecule has 0 unspecified atom stereocenters. The van der Waals surface area contributed by atoms with Crippen LogP contribution < -0.4 is 0 Å². The Morgan fingerprint density at radius 3 is 0.952 bits per heavy atom. The van der Waals surface area contributed by atoms with E-state index in [4.69, 9.17) is 0 Å². The SMILES string of the molecule is C\C=C/C(=C/C=Nc1cc(C(F)(F)F)cc(C(F)(F)F)c1)C(/C=C\C)=C/C=Nc1cc(C(F)(F)F)cc(C(F)(F)F)c1. The van der Waals surface area contributed by atoms with E-state index in [1.54, 1.807) is 13.8 Å². The maximum atomic E-state index is 13.1. The predicted octanol–water partition coefficient (Wildman–Crippen LogP) is 10.9. The molecule has 0 aliphatic carbocycles. The van der Waals surface area contributed by atoms with E-state index in [-0.39, 0.29) is 23.3 Å². The molecule has 42 heavy (non-hydrogen) atoms. The molecule has 14 heteroatoms. The Bertz CT molecular complexity index is 1250. The number of alkyl halides is 12. The molecule has 2 aromatic carbocycles. The van der Waals surface area contributed by atoms with Gasteiger partial charge in [-0.1, -0.05) is 24.3 Å². The highest BCUT2D eigenvalue weighted by Crippen LogP contribution is 2.39. The van der Waals surface area contributed by atoms with Crippen LogP contribution in [0.1, 0.15) is 36.1 Å². The second kappa shape index (κ2) is 13.3. The lowest BCUT2D eigenvalue weighted by atomic mass is 10.0. The third-order valence-corrected chi connectivity index (χ3v) is 5.13. The number of nitrogens with zero attached hydrogens (tertiary/aromatic N) is 2. The first-order valence-corrected chi connectivity index (χ1v) is 11.6. The van der Waals surface area contributed by atoms with Crippen LogP contribution in [0.3, 0.4) is 0 Å². The van der Waals surface area contributed by atoms with Gasteiger partial charge in [0.05, 0.1) is 33.6 Å². The summed E-state index contributed by atoms with van der Waals surface area (Å²) in [6.07, 6.45) is -10.0. The van der Waals surface area contributed by atoms with Gasteiger partial charge in [-0.15, -0.1) is 0 Å². The minimum atomic E-state index is -5.07. The lowest BCUT2D eigenvalue weighted by Gasteiger charge is -2.12. The molecule has 0 saturated heterocycles. The molecule has 0 amide bonds. The van der Waals surface area contributed by atoms with Gasteiger partial charge in [-0.3, -0.25) is 9.98 Å². The molecular formula is C28H20F12N2. The molecule has 0 N–H and O–H groups in total. The Balaban J connectivity index is 2.53. The fourth-order valence-electron chi connectivity index (χ4n) is 3.29. The summed E-state index contributed by atoms with van der Waals surface area (Å²) < 4.78 is 157. The molecular weight excluding hydrogens is 592 g/mol. The standard InChI is InChI=1S/C28H20F12N2/c1-3-5-17(7-9-41-23-13-19(25(29,30)31)11-20(14-23)26(32,33)34)18(6-4-2)8-10-42-24-15-21(27(35,36)37)12-22(16-24)28(38,39)40/h3-16H,1-2H3/b5-3-,6-4-,17-7-,18-8+,41-9?,42-10?. The monoisotopic (exact) mass is 612 g/mol. The minimum absolute atomic E-state index is 0.0472. The second-order valence-electron chi connectivity index (χ2n) is 8.33. The lowest BCUT2D eigenvalue weighted by Crippen LogP contribution is -2.10. The van der Waals surface area contributed by atoms with Gasteiger partial charge in [0.25, 0.3) is 0 Å². The Morgan fingerprint density at radius 1 is 0.476 bits per heavy atom. The van der Waals surface area contributed by atoms with Crippen molar-refractivity contribution in [2.75, 3.05) is 0 Å². The first-order chi connectivity index (χ1) is 19.3. The van der Waals surface area contributed by atoms with Gasteiger partial charge in [-0.2, -0.15) is 52.7 Å². The number of rotatable bonds is 7. The molecule has 0 aliphatic rings. The normalized spacial score (nSPS) is 14.8. The van der Waals surface area contributed by atoms with E-state index in [9.17, 15) is 52.7 Å². The quantitative estimate of drug-likeness (QED) is 0.169. The fourth-order valence-corrected chi connectivity index (χ4v) is 3.29. The van der Waals surface area contributed by atoms with Crippen molar-refractivity contribution in [3.63, 3.8) is 0 Å². The van der Waals surface area contributed by atoms with Crippen LogP contribution in [0.4, 0.5) is 64.1 Å². The first-order valence-electron chi connectivity index (χ1n) is 11.6. The van der Waals surface area contributed by atoms with Gasteiger partial charge in [-0.05, 0) is 73.5 Å². The molecule has 0 aliphatic heterocycles. The average molecular weight is 612 g/mol. The van der Waals surface area contributed by atoms with Crippen molar-refractivity contribution in [2.45, 2.75) is 38.6 Å². The maximum Gasteiger partial charge on any atom is 0.416 e. The van der Waals surface area contributed by atoms with Crippen LogP contribution in [0.15, 0.2) is 94.0 Å². The van der Waals surface area contributed by atoms with Gasteiger partial charge in [0, 0.05) is 12.4 Å². The van der Waals surface area contributed by atoms with Crippen molar-refractivity contribution in [3.05, 3.63) is 106 Å². The van der Waals surface area contributed by atoms with E-state index in [0.717, 1.165) is 12.4 Å². The topological polar surface area (TPSA) is 24.7 Å². The number of allylic oxidation sites excluding steroid dienone is 8. The number of benzene rings is 2. The molecule has 2 nitrogen and oxygen atoms in total. The van der Waals surface area contributed by atoms with Gasteiger partial charge < -0.3 is 0 Å². The number of aliphatic imine (C=N–C) groups is 2. The van der Waals surface area contributed by atoms with Crippen LogP contribution in [-0.4, -0.2) is 12.4 Å². The molecule has 0 spiro atoms. The highest BCUT2D eigenvalue weighted by atomic mass is 19.4. The molecule has 2 rings (SSSR count). The number of halogens is 12. The van der Waals surface area contributed by atoms with E-state index in [1.807, 2.05) is 0 Å². The Hall–Kier alpha value is -4.10. The second-order valence-corrected chi connectivity index (χ2v) is 8.33. The summed E-state index contributed by atoms with van der Waals surface area (Å²) in [6.45, 7) is 3.16. The van der Waals surface area contributed by atoms with Gasteiger partial charge >= 0.3 is 24.7 Å². The van der Waals surface area contributed by atoms with Crippen LogP contribution >= 0.6 is 0 Å². The third-order valence-electron chi connectivity index (χ3n) is 5.13. The van der Waals surface area contributed by atoms with Crippen molar-refractivity contribution in [1.29, 1.82) is 0 Å². The Kier molecular flexibility index (Phi) is 10.8. The van der Waals surface area contributed by atoms with Crippen LogP contribution in [0.5, 0.6) is 0 Å². The fraction of sp³-hybridized carbons (Fsp3) is 0.214. The first kappa shape index (κ1) is 34.1. The highest BCUT2D eigenvalue weighted by Gasteiger charge is 2.38. The van der Waals surface area contributed by atoms with E-state index >= 15 is 0 Å². The third kappa shape index (κ3) is 10.1. The predicted molar refractivity (Wildman–Crippen MR) is 135 cm³/mol. The summed E-state index contributed by atoms with van der Waals surface area (Å²) in [5.41, 5.74) is -6.98. The lowest BCUT2D eigenvalue weighted by molar-refractivity contribution is -0.144. The van der Waals surface area contributed by atoms with Crippen LogP contribution in [0.2, 0.25) is 0 Å². The van der Waals surface area contributed by atoms with E-state index in [0.29, 0.717) is 24.3 Å². The smallest absolute Gasteiger partial charge is 0.257 e. The van der Waals surface area contributed by atoms with Crippen LogP contribution in [-0.2, 0) is 24.7 Å². The van der Waals surface area contributed by atoms with Crippen molar-refractivity contribution >= 4 is 23.8 Å². The summed E-state index contributed by atoms with van der Waals surface area (Å²) in [7, 11) is 0. The number of hydrogen-bond acceptors (Lipinski definition) is 2. The molecule has 0 heterocycles. The minimum Gasteiger partial charge on any atom is -0.257 e. The summed E-state index contributed by atoms with van der Waals surface area (Å²) in [5, 5.41) is 0. The number of hydrogen-bond donors (Lipinski definition) is 0. The maximum absolute atomic E-state index is 13.1. The van der Waals surface area contributed by atoms with E-state index < -0.39 is 58.3 Å². The zero-order valence-electron chi connectivity index (χ0n) is 21.5. The molecule has 0 saturated carbocycles. The molecule has 2 aromatic rings. The molecule has 0 bridgehead atoms. The van der Waals surface area contributed by atoms with Gasteiger partial charge in [-0.25, -0.2) is 0 Å². The van der Waals surface area contributed by atoms with Crippen molar-refractivity contribution in [3.8, 4) is 0 Å². The molecule has 226 valence electrons. The van der Waals surface area contributed by atoms with Gasteiger partial charge in [0.1, 0.15) is 0 Å². The van der Waals surface area contributed by atoms with Crippen LogP contribution in [0, 0.1) is 0 Å². The molecule has 0 radical (unpaired) electrons. The molecule has 0 aromatic heterocycles. The average Bonchev–Trinajstić information content (AvgIpc) is 2.85. The van der Waals surface area contributed by atoms with Gasteiger partial charge in [0.2, 0.25) is 0 Å². The van der Waals surface area contributed by atoms with Crippen molar-refractivity contribution in [1.82, 2.24) is 0 Å². The molecule has 0 atom stereocenters. The zero-order valence-corrected chi connectivity index (χ0v) is 21.5. The molecule has 0 fully saturated rings.